The molecule has 132 valence electrons. The predicted octanol–water partition coefficient (Wildman–Crippen LogP) is 0.510. The summed E-state index contributed by atoms with van der Waals surface area (Å²) in [4.78, 5) is 37.2. The van der Waals surface area contributed by atoms with Crippen LogP contribution in [0.1, 0.15) is 32.1 Å². The lowest BCUT2D eigenvalue weighted by Gasteiger charge is -2.40. The minimum Gasteiger partial charge on any atom is -0.379 e. The molecule has 0 aromatic carbocycles. The van der Waals surface area contributed by atoms with Crippen LogP contribution < -0.4 is 11.3 Å². The summed E-state index contributed by atoms with van der Waals surface area (Å²) in [6.07, 6.45) is 4.30. The Balaban J connectivity index is 2.02. The molecule has 2 N–H and O–H groups in total. The van der Waals surface area contributed by atoms with Crippen LogP contribution >= 0.6 is 0 Å². The number of amides is 2. The van der Waals surface area contributed by atoms with Gasteiger partial charge in [-0.25, -0.2) is 0 Å². The van der Waals surface area contributed by atoms with E-state index in [1.54, 1.807) is 30.3 Å². The van der Waals surface area contributed by atoms with Crippen LogP contribution in [0.3, 0.4) is 0 Å². The number of hydrogen-bond acceptors (Lipinski definition) is 4. The fourth-order valence-corrected chi connectivity index (χ4v) is 3.24. The first-order valence-electron chi connectivity index (χ1n) is 8.29. The lowest BCUT2D eigenvalue weighted by atomic mass is 9.94. The minimum atomic E-state index is -0.376. The van der Waals surface area contributed by atoms with Crippen molar-refractivity contribution >= 4 is 11.8 Å². The smallest absolute Gasteiger partial charge is 0.250 e. The van der Waals surface area contributed by atoms with Gasteiger partial charge < -0.3 is 19.9 Å². The van der Waals surface area contributed by atoms with Gasteiger partial charge in [-0.2, -0.15) is 0 Å². The van der Waals surface area contributed by atoms with Crippen LogP contribution in [0.4, 0.5) is 0 Å². The van der Waals surface area contributed by atoms with E-state index in [1.165, 1.54) is 10.6 Å². The largest absolute Gasteiger partial charge is 0.379 e. The van der Waals surface area contributed by atoms with Gasteiger partial charge in [0, 0.05) is 45.3 Å². The quantitative estimate of drug-likeness (QED) is 0.785. The Labute approximate surface area is 141 Å². The number of aromatic nitrogens is 1. The number of pyridine rings is 1. The van der Waals surface area contributed by atoms with Gasteiger partial charge in [0.1, 0.15) is 0 Å². The van der Waals surface area contributed by atoms with E-state index in [1.807, 2.05) is 0 Å². The minimum absolute atomic E-state index is 0.0260. The molecule has 0 spiro atoms. The number of ether oxygens (including phenoxy) is 1. The number of aryl methyl sites for hydroxylation is 1. The summed E-state index contributed by atoms with van der Waals surface area (Å²) in [5, 5.41) is 0. The Bertz CT molecular complexity index is 628. The van der Waals surface area contributed by atoms with Gasteiger partial charge in [-0.05, 0) is 25.3 Å². The van der Waals surface area contributed by atoms with E-state index in [-0.39, 0.29) is 42.4 Å². The van der Waals surface area contributed by atoms with Crippen LogP contribution in [0.2, 0.25) is 0 Å². The van der Waals surface area contributed by atoms with Crippen molar-refractivity contribution < 1.29 is 14.3 Å². The van der Waals surface area contributed by atoms with Gasteiger partial charge in [0.15, 0.2) is 0 Å². The molecule has 2 rings (SSSR count). The first-order valence-corrected chi connectivity index (χ1v) is 8.29. The summed E-state index contributed by atoms with van der Waals surface area (Å²) in [7, 11) is 1.62. The maximum Gasteiger partial charge on any atom is 0.250 e. The number of primary amides is 1. The average molecular weight is 335 g/mol. The number of rotatable bonds is 7. The maximum absolute atomic E-state index is 12.6. The SMILES string of the molecule is CO[C@H]1CCCN(C(=O)CCn2ccccc2=O)[C@H]1CCC(N)=O. The number of nitrogens with two attached hydrogens (primary N) is 1. The second-order valence-electron chi connectivity index (χ2n) is 6.06. The molecule has 2 amide bonds. The fourth-order valence-electron chi connectivity index (χ4n) is 3.24. The molecule has 0 bridgehead atoms. The van der Waals surface area contributed by atoms with Gasteiger partial charge in [-0.1, -0.05) is 6.07 Å². The summed E-state index contributed by atoms with van der Waals surface area (Å²) in [5.41, 5.74) is 5.13. The zero-order valence-electron chi connectivity index (χ0n) is 14.0. The third-order valence-electron chi connectivity index (χ3n) is 4.49. The molecule has 0 saturated carbocycles. The van der Waals surface area contributed by atoms with Gasteiger partial charge in [0.2, 0.25) is 11.8 Å². The number of piperidine rings is 1. The van der Waals surface area contributed by atoms with Crippen LogP contribution in [0.5, 0.6) is 0 Å². The zero-order valence-corrected chi connectivity index (χ0v) is 14.0. The Morgan fingerprint density at radius 2 is 2.12 bits per heavy atom. The Morgan fingerprint density at radius 1 is 1.33 bits per heavy atom. The first-order chi connectivity index (χ1) is 11.5. The Morgan fingerprint density at radius 3 is 2.79 bits per heavy atom. The van der Waals surface area contributed by atoms with Crippen LogP contribution in [0.25, 0.3) is 0 Å². The lowest BCUT2D eigenvalue weighted by molar-refractivity contribution is -0.141. The summed E-state index contributed by atoms with van der Waals surface area (Å²) in [6, 6.07) is 4.77. The number of carbonyl (C=O) groups is 2. The molecule has 1 aliphatic heterocycles. The van der Waals surface area contributed by atoms with Crippen LogP contribution in [-0.2, 0) is 20.9 Å². The predicted molar refractivity (Wildman–Crippen MR) is 89.3 cm³/mol. The van der Waals surface area contributed by atoms with Crippen molar-refractivity contribution in [3.8, 4) is 0 Å². The molecule has 24 heavy (non-hydrogen) atoms. The van der Waals surface area contributed by atoms with Crippen molar-refractivity contribution in [2.24, 2.45) is 5.73 Å². The second kappa shape index (κ2) is 8.63. The van der Waals surface area contributed by atoms with Gasteiger partial charge in [-0.15, -0.1) is 0 Å². The molecule has 1 aliphatic rings. The molecule has 0 aliphatic carbocycles. The highest BCUT2D eigenvalue weighted by atomic mass is 16.5. The first kappa shape index (κ1) is 18.2. The van der Waals surface area contributed by atoms with Crippen molar-refractivity contribution in [3.63, 3.8) is 0 Å². The van der Waals surface area contributed by atoms with Gasteiger partial charge >= 0.3 is 0 Å². The molecule has 1 aromatic rings. The van der Waals surface area contributed by atoms with E-state index < -0.39 is 0 Å². The topological polar surface area (TPSA) is 94.6 Å². The highest BCUT2D eigenvalue weighted by molar-refractivity contribution is 5.77. The molecular formula is C17H25N3O4. The van der Waals surface area contributed by atoms with Gasteiger partial charge in [0.05, 0.1) is 12.1 Å². The van der Waals surface area contributed by atoms with E-state index in [9.17, 15) is 14.4 Å². The highest BCUT2D eigenvalue weighted by Gasteiger charge is 2.34. The summed E-state index contributed by atoms with van der Waals surface area (Å²) in [6.45, 7) is 0.987. The summed E-state index contributed by atoms with van der Waals surface area (Å²) < 4.78 is 7.02. The average Bonchev–Trinajstić information content (AvgIpc) is 2.58. The van der Waals surface area contributed by atoms with Crippen molar-refractivity contribution in [2.75, 3.05) is 13.7 Å². The zero-order chi connectivity index (χ0) is 17.5. The van der Waals surface area contributed by atoms with Crippen LogP contribution in [0.15, 0.2) is 29.2 Å². The maximum atomic E-state index is 12.6. The number of hydrogen-bond donors (Lipinski definition) is 1. The third-order valence-corrected chi connectivity index (χ3v) is 4.49. The highest BCUT2D eigenvalue weighted by Crippen LogP contribution is 2.24. The molecule has 0 radical (unpaired) electrons. The van der Waals surface area contributed by atoms with Gasteiger partial charge in [0.25, 0.3) is 5.56 Å². The molecule has 7 heteroatoms. The van der Waals surface area contributed by atoms with Crippen molar-refractivity contribution in [1.82, 2.24) is 9.47 Å². The second-order valence-corrected chi connectivity index (χ2v) is 6.06. The van der Waals surface area contributed by atoms with Crippen molar-refractivity contribution in [2.45, 2.75) is 50.8 Å². The lowest BCUT2D eigenvalue weighted by Crippen LogP contribution is -2.52. The normalized spacial score (nSPS) is 20.8. The standard InChI is InChI=1S/C17H25N3O4/c1-24-14-5-4-11-20(13(14)7-8-15(18)21)17(23)9-12-19-10-3-2-6-16(19)22/h2-3,6,10,13-14H,4-5,7-9,11-12H2,1H3,(H2,18,21)/t13-,14-/m0/s1. The fraction of sp³-hybridized carbons (Fsp3) is 0.588. The van der Waals surface area contributed by atoms with Crippen LogP contribution in [0, 0.1) is 0 Å². The van der Waals surface area contributed by atoms with E-state index in [2.05, 4.69) is 0 Å². The molecule has 2 atom stereocenters. The van der Waals surface area contributed by atoms with E-state index in [0.29, 0.717) is 19.5 Å². The molecule has 1 saturated heterocycles. The van der Waals surface area contributed by atoms with Crippen molar-refractivity contribution in [1.29, 1.82) is 0 Å². The molecular weight excluding hydrogens is 310 g/mol. The number of carbonyl (C=O) groups excluding carboxylic acids is 2. The Hall–Kier alpha value is -2.15. The van der Waals surface area contributed by atoms with E-state index in [0.717, 1.165) is 12.8 Å². The summed E-state index contributed by atoms with van der Waals surface area (Å²) >= 11 is 0. The number of nitrogens with zero attached hydrogens (tertiary/aromatic N) is 2. The Kier molecular flexibility index (Phi) is 6.54. The number of likely N-dealkylation sites (tertiary alicyclic amines) is 1. The van der Waals surface area contributed by atoms with E-state index in [4.69, 9.17) is 10.5 Å². The molecule has 1 aromatic heterocycles. The third kappa shape index (κ3) is 4.67. The molecule has 2 heterocycles. The molecule has 0 unspecified atom stereocenters. The monoisotopic (exact) mass is 335 g/mol. The summed E-state index contributed by atoms with van der Waals surface area (Å²) in [5.74, 6) is -0.402. The van der Waals surface area contributed by atoms with Crippen molar-refractivity contribution in [3.05, 3.63) is 34.7 Å². The molecule has 7 nitrogen and oxygen atoms in total. The van der Waals surface area contributed by atoms with E-state index >= 15 is 0 Å². The van der Waals surface area contributed by atoms with Gasteiger partial charge in [-0.3, -0.25) is 14.4 Å². The number of methoxy groups -OCH3 is 1. The van der Waals surface area contributed by atoms with Crippen LogP contribution in [-0.4, -0.2) is 47.1 Å². The molecule has 1 fully saturated rings.